The SMILES string of the molecule is COC1CN(CCCOc2ccc(F)cc2)CCC1=O. The fraction of sp³-hybridized carbons (Fsp3) is 0.533. The highest BCUT2D eigenvalue weighted by Gasteiger charge is 2.26. The molecule has 4 nitrogen and oxygen atoms in total. The molecule has 0 aliphatic carbocycles. The number of hydrogen-bond acceptors (Lipinski definition) is 4. The van der Waals surface area contributed by atoms with Crippen LogP contribution in [0.15, 0.2) is 24.3 Å². The Hall–Kier alpha value is -1.46. The van der Waals surface area contributed by atoms with Crippen LogP contribution in [0.1, 0.15) is 12.8 Å². The summed E-state index contributed by atoms with van der Waals surface area (Å²) in [6.45, 7) is 2.89. The molecule has 1 aromatic carbocycles. The molecule has 0 N–H and O–H groups in total. The van der Waals surface area contributed by atoms with E-state index in [9.17, 15) is 9.18 Å². The zero-order valence-corrected chi connectivity index (χ0v) is 11.7. The fourth-order valence-electron chi connectivity index (χ4n) is 2.27. The van der Waals surface area contributed by atoms with Crippen LogP contribution in [0.5, 0.6) is 5.75 Å². The van der Waals surface area contributed by atoms with Crippen molar-refractivity contribution in [2.24, 2.45) is 0 Å². The monoisotopic (exact) mass is 281 g/mol. The molecule has 0 spiro atoms. The second-order valence-electron chi connectivity index (χ2n) is 4.90. The third-order valence-corrected chi connectivity index (χ3v) is 3.44. The maximum absolute atomic E-state index is 12.7. The summed E-state index contributed by atoms with van der Waals surface area (Å²) < 4.78 is 23.4. The highest BCUT2D eigenvalue weighted by atomic mass is 19.1. The van der Waals surface area contributed by atoms with E-state index in [0.717, 1.165) is 19.5 Å². The number of carbonyl (C=O) groups is 1. The summed E-state index contributed by atoms with van der Waals surface area (Å²) in [7, 11) is 1.57. The van der Waals surface area contributed by atoms with Gasteiger partial charge in [-0.15, -0.1) is 0 Å². The number of rotatable bonds is 6. The third kappa shape index (κ3) is 4.28. The molecule has 1 unspecified atom stereocenters. The summed E-state index contributed by atoms with van der Waals surface area (Å²) in [6.07, 6.45) is 1.13. The van der Waals surface area contributed by atoms with E-state index < -0.39 is 0 Å². The van der Waals surface area contributed by atoms with Gasteiger partial charge in [0.1, 0.15) is 17.7 Å². The van der Waals surface area contributed by atoms with E-state index in [-0.39, 0.29) is 17.7 Å². The van der Waals surface area contributed by atoms with Crippen molar-refractivity contribution in [1.29, 1.82) is 0 Å². The molecule has 0 bridgehead atoms. The van der Waals surface area contributed by atoms with Crippen LogP contribution >= 0.6 is 0 Å². The van der Waals surface area contributed by atoms with Crippen LogP contribution in [0.25, 0.3) is 0 Å². The van der Waals surface area contributed by atoms with Gasteiger partial charge in [0.15, 0.2) is 5.78 Å². The van der Waals surface area contributed by atoms with Crippen LogP contribution in [0.4, 0.5) is 4.39 Å². The summed E-state index contributed by atoms with van der Waals surface area (Å²) in [4.78, 5) is 13.7. The topological polar surface area (TPSA) is 38.8 Å². The van der Waals surface area contributed by atoms with Gasteiger partial charge in [0.25, 0.3) is 0 Å². The average molecular weight is 281 g/mol. The molecule has 1 heterocycles. The van der Waals surface area contributed by atoms with Crippen LogP contribution in [0.2, 0.25) is 0 Å². The average Bonchev–Trinajstić information content (AvgIpc) is 2.47. The van der Waals surface area contributed by atoms with E-state index in [2.05, 4.69) is 4.90 Å². The van der Waals surface area contributed by atoms with Gasteiger partial charge < -0.3 is 9.47 Å². The maximum atomic E-state index is 12.7. The van der Waals surface area contributed by atoms with Crippen LogP contribution in [-0.2, 0) is 9.53 Å². The first kappa shape index (κ1) is 14.9. The largest absolute Gasteiger partial charge is 0.494 e. The van der Waals surface area contributed by atoms with Crippen molar-refractivity contribution in [2.45, 2.75) is 18.9 Å². The molecule has 1 fully saturated rings. The van der Waals surface area contributed by atoms with Gasteiger partial charge in [-0.3, -0.25) is 9.69 Å². The van der Waals surface area contributed by atoms with Crippen molar-refractivity contribution in [1.82, 2.24) is 4.90 Å². The van der Waals surface area contributed by atoms with E-state index in [1.54, 1.807) is 19.2 Å². The molecule has 5 heteroatoms. The van der Waals surface area contributed by atoms with Crippen LogP contribution < -0.4 is 4.74 Å². The van der Waals surface area contributed by atoms with Gasteiger partial charge in [-0.2, -0.15) is 0 Å². The number of ketones is 1. The van der Waals surface area contributed by atoms with Crippen molar-refractivity contribution in [3.8, 4) is 5.75 Å². The number of carbonyl (C=O) groups excluding carboxylic acids is 1. The summed E-state index contributed by atoms with van der Waals surface area (Å²) in [5, 5.41) is 0. The van der Waals surface area contributed by atoms with Gasteiger partial charge >= 0.3 is 0 Å². The molecule has 0 aromatic heterocycles. The van der Waals surface area contributed by atoms with Crippen molar-refractivity contribution >= 4 is 5.78 Å². The summed E-state index contributed by atoms with van der Waals surface area (Å²) in [6, 6.07) is 6.01. The Morgan fingerprint density at radius 1 is 1.35 bits per heavy atom. The lowest BCUT2D eigenvalue weighted by Crippen LogP contribution is -2.45. The van der Waals surface area contributed by atoms with Gasteiger partial charge in [0.05, 0.1) is 6.61 Å². The number of ether oxygens (including phenoxy) is 2. The third-order valence-electron chi connectivity index (χ3n) is 3.44. The second kappa shape index (κ2) is 7.36. The molecule has 20 heavy (non-hydrogen) atoms. The molecule has 2 rings (SSSR count). The first-order valence-corrected chi connectivity index (χ1v) is 6.85. The van der Waals surface area contributed by atoms with E-state index >= 15 is 0 Å². The molecule has 1 aromatic rings. The molecular formula is C15H20FNO3. The Bertz CT molecular complexity index is 435. The summed E-state index contributed by atoms with van der Waals surface area (Å²) in [5.74, 6) is 0.599. The van der Waals surface area contributed by atoms with E-state index in [1.165, 1.54) is 12.1 Å². The minimum absolute atomic E-state index is 0.186. The lowest BCUT2D eigenvalue weighted by Gasteiger charge is -2.30. The van der Waals surface area contributed by atoms with Crippen molar-refractivity contribution in [2.75, 3.05) is 33.4 Å². The summed E-state index contributed by atoms with van der Waals surface area (Å²) >= 11 is 0. The number of likely N-dealkylation sites (tertiary alicyclic amines) is 1. The molecular weight excluding hydrogens is 261 g/mol. The normalized spacial score (nSPS) is 20.1. The van der Waals surface area contributed by atoms with Crippen molar-refractivity contribution < 1.29 is 18.7 Å². The molecule has 0 saturated carbocycles. The number of benzene rings is 1. The lowest BCUT2D eigenvalue weighted by molar-refractivity contribution is -0.133. The highest BCUT2D eigenvalue weighted by Crippen LogP contribution is 2.12. The van der Waals surface area contributed by atoms with E-state index in [1.807, 2.05) is 0 Å². The minimum Gasteiger partial charge on any atom is -0.494 e. The zero-order chi connectivity index (χ0) is 14.4. The Kier molecular flexibility index (Phi) is 5.49. The molecule has 1 aliphatic heterocycles. The molecule has 1 atom stereocenters. The Balaban J connectivity index is 1.66. The first-order chi connectivity index (χ1) is 9.69. The van der Waals surface area contributed by atoms with E-state index in [4.69, 9.17) is 9.47 Å². The van der Waals surface area contributed by atoms with Gasteiger partial charge in [-0.25, -0.2) is 4.39 Å². The molecule has 1 aliphatic rings. The highest BCUT2D eigenvalue weighted by molar-refractivity contribution is 5.84. The van der Waals surface area contributed by atoms with Gasteiger partial charge in [0, 0.05) is 33.2 Å². The number of nitrogens with zero attached hydrogens (tertiary/aromatic N) is 1. The zero-order valence-electron chi connectivity index (χ0n) is 11.7. The van der Waals surface area contributed by atoms with Crippen LogP contribution in [0.3, 0.4) is 0 Å². The van der Waals surface area contributed by atoms with Gasteiger partial charge in [0.2, 0.25) is 0 Å². The van der Waals surface area contributed by atoms with Crippen molar-refractivity contribution in [3.63, 3.8) is 0 Å². The molecule has 0 radical (unpaired) electrons. The number of piperidine rings is 1. The van der Waals surface area contributed by atoms with Crippen LogP contribution in [-0.4, -0.2) is 50.1 Å². The predicted molar refractivity (Wildman–Crippen MR) is 73.4 cm³/mol. The van der Waals surface area contributed by atoms with Gasteiger partial charge in [-0.05, 0) is 30.7 Å². The second-order valence-corrected chi connectivity index (χ2v) is 4.90. The van der Waals surface area contributed by atoms with Crippen LogP contribution in [0, 0.1) is 5.82 Å². The minimum atomic E-state index is -0.290. The number of methoxy groups -OCH3 is 1. The smallest absolute Gasteiger partial charge is 0.164 e. The lowest BCUT2D eigenvalue weighted by atomic mass is 10.1. The molecule has 0 amide bonds. The van der Waals surface area contributed by atoms with E-state index in [0.29, 0.717) is 25.3 Å². The quantitative estimate of drug-likeness (QED) is 0.746. The fourth-order valence-corrected chi connectivity index (χ4v) is 2.27. The Labute approximate surface area is 118 Å². The standard InChI is InChI=1S/C15H20FNO3/c1-19-15-11-17(9-7-14(15)18)8-2-10-20-13-5-3-12(16)4-6-13/h3-6,15H,2,7-11H2,1H3. The summed E-state index contributed by atoms with van der Waals surface area (Å²) in [5.41, 5.74) is 0. The van der Waals surface area contributed by atoms with Crippen molar-refractivity contribution in [3.05, 3.63) is 30.1 Å². The number of Topliss-reactive ketones (excluding diaryl/α,β-unsaturated/α-hetero) is 1. The maximum Gasteiger partial charge on any atom is 0.164 e. The van der Waals surface area contributed by atoms with Gasteiger partial charge in [-0.1, -0.05) is 0 Å². The Morgan fingerprint density at radius 2 is 2.10 bits per heavy atom. The molecule has 1 saturated heterocycles. The first-order valence-electron chi connectivity index (χ1n) is 6.85. The predicted octanol–water partition coefficient (Wildman–Crippen LogP) is 1.88. The Morgan fingerprint density at radius 3 is 2.80 bits per heavy atom. The molecule has 110 valence electrons. The number of halogens is 1. The number of hydrogen-bond donors (Lipinski definition) is 0.